The minimum absolute atomic E-state index is 0.107. The number of nitrogens with one attached hydrogen (secondary N) is 1. The van der Waals surface area contributed by atoms with E-state index in [2.05, 4.69) is 24.3 Å². The number of hydrogen-bond donors (Lipinski definition) is 1. The van der Waals surface area contributed by atoms with Crippen LogP contribution in [0.2, 0.25) is 0 Å². The van der Waals surface area contributed by atoms with Gasteiger partial charge in [-0.25, -0.2) is 4.79 Å². The van der Waals surface area contributed by atoms with Gasteiger partial charge in [-0.15, -0.1) is 0 Å². The molecule has 2 bridgehead atoms. The molecule has 2 unspecified atom stereocenters. The van der Waals surface area contributed by atoms with Crippen LogP contribution in [0, 0.1) is 11.8 Å². The average molecular weight is 373 g/mol. The number of carbonyl (C=O) groups excluding carboxylic acids is 1. The zero-order chi connectivity index (χ0) is 18.2. The van der Waals surface area contributed by atoms with Crippen molar-refractivity contribution in [2.75, 3.05) is 32.5 Å². The summed E-state index contributed by atoms with van der Waals surface area (Å²) < 4.78 is 37.0. The molecule has 3 rings (SSSR count). The average Bonchev–Trinajstić information content (AvgIpc) is 2.78. The van der Waals surface area contributed by atoms with E-state index in [1.165, 1.54) is 24.3 Å². The Labute approximate surface area is 149 Å². The molecule has 1 N–H and O–H groups in total. The second-order valence-corrected chi connectivity index (χ2v) is 8.10. The Morgan fingerprint density at radius 3 is 2.20 bits per heavy atom. The first-order chi connectivity index (χ1) is 11.7. The Morgan fingerprint density at radius 2 is 1.72 bits per heavy atom. The lowest BCUT2D eigenvalue weighted by Gasteiger charge is -2.41. The molecule has 2 aliphatic rings. The summed E-state index contributed by atoms with van der Waals surface area (Å²) in [5, 5.41) is 2.80. The van der Waals surface area contributed by atoms with E-state index in [9.17, 15) is 18.0 Å². The van der Waals surface area contributed by atoms with E-state index in [1.807, 2.05) is 4.90 Å². The molecular formula is C17H22F3N3OS. The van der Waals surface area contributed by atoms with Crippen molar-refractivity contribution >= 4 is 23.5 Å². The summed E-state index contributed by atoms with van der Waals surface area (Å²) in [7, 11) is 4.18. The normalized spacial score (nSPS) is 26.2. The van der Waals surface area contributed by atoms with E-state index in [1.54, 1.807) is 0 Å². The summed E-state index contributed by atoms with van der Waals surface area (Å²) in [5.41, 5.74) is -3.79. The van der Waals surface area contributed by atoms with Crippen LogP contribution < -0.4 is 5.32 Å². The quantitative estimate of drug-likeness (QED) is 0.810. The van der Waals surface area contributed by atoms with Crippen LogP contribution in [-0.4, -0.2) is 54.6 Å². The van der Waals surface area contributed by atoms with Crippen LogP contribution in [0.15, 0.2) is 29.2 Å². The molecule has 8 heteroatoms. The van der Waals surface area contributed by atoms with Crippen molar-refractivity contribution in [1.29, 1.82) is 0 Å². The Bertz CT molecular complexity index is 607. The Hall–Kier alpha value is -1.41. The van der Waals surface area contributed by atoms with Gasteiger partial charge in [-0.3, -0.25) is 0 Å². The first-order valence-electron chi connectivity index (χ1n) is 8.31. The summed E-state index contributed by atoms with van der Waals surface area (Å²) in [6, 6.07) is 6.11. The van der Waals surface area contributed by atoms with E-state index < -0.39 is 5.51 Å². The zero-order valence-corrected chi connectivity index (χ0v) is 15.0. The minimum Gasteiger partial charge on any atom is -0.324 e. The number of carbonyl (C=O) groups is 1. The van der Waals surface area contributed by atoms with E-state index in [-0.39, 0.29) is 22.7 Å². The molecule has 4 nitrogen and oxygen atoms in total. The summed E-state index contributed by atoms with van der Waals surface area (Å²) in [5.74, 6) is 0.982. The molecule has 0 aromatic heterocycles. The van der Waals surface area contributed by atoms with Crippen LogP contribution in [0.5, 0.6) is 0 Å². The number of anilines is 1. The summed E-state index contributed by atoms with van der Waals surface area (Å²) in [6.45, 7) is 1.46. The van der Waals surface area contributed by atoms with Crippen LogP contribution >= 0.6 is 11.8 Å². The predicted molar refractivity (Wildman–Crippen MR) is 92.6 cm³/mol. The molecule has 1 aliphatic heterocycles. The van der Waals surface area contributed by atoms with Crippen molar-refractivity contribution in [1.82, 2.24) is 9.80 Å². The molecule has 25 heavy (non-hydrogen) atoms. The molecule has 138 valence electrons. The molecule has 1 aromatic rings. The molecule has 2 amide bonds. The van der Waals surface area contributed by atoms with E-state index >= 15 is 0 Å². The lowest BCUT2D eigenvalue weighted by Crippen LogP contribution is -2.53. The predicted octanol–water partition coefficient (Wildman–Crippen LogP) is 4.10. The maximum absolute atomic E-state index is 12.5. The molecule has 1 aromatic carbocycles. The lowest BCUT2D eigenvalue weighted by molar-refractivity contribution is -0.0328. The summed E-state index contributed by atoms with van der Waals surface area (Å²) >= 11 is -0.160. The first-order valence-corrected chi connectivity index (χ1v) is 9.13. The van der Waals surface area contributed by atoms with Gasteiger partial charge in [-0.2, -0.15) is 13.2 Å². The van der Waals surface area contributed by atoms with Gasteiger partial charge in [0.05, 0.1) is 0 Å². The van der Waals surface area contributed by atoms with Gasteiger partial charge in [-0.05, 0) is 74.8 Å². The summed E-state index contributed by atoms with van der Waals surface area (Å²) in [6.07, 6.45) is 2.28. The van der Waals surface area contributed by atoms with Crippen molar-refractivity contribution in [3.8, 4) is 0 Å². The van der Waals surface area contributed by atoms with E-state index in [0.717, 1.165) is 25.9 Å². The Kier molecular flexibility index (Phi) is 5.20. The number of fused-ring (bicyclic) bond motifs is 2. The highest BCUT2D eigenvalue weighted by atomic mass is 32.2. The molecule has 1 saturated heterocycles. The van der Waals surface area contributed by atoms with Crippen molar-refractivity contribution in [2.24, 2.45) is 11.8 Å². The van der Waals surface area contributed by atoms with Crippen molar-refractivity contribution in [3.63, 3.8) is 0 Å². The van der Waals surface area contributed by atoms with Crippen LogP contribution in [0.4, 0.5) is 23.7 Å². The topological polar surface area (TPSA) is 35.6 Å². The number of urea groups is 1. The highest BCUT2D eigenvalue weighted by molar-refractivity contribution is 8.00. The number of amides is 2. The fourth-order valence-corrected chi connectivity index (χ4v) is 4.68. The summed E-state index contributed by atoms with van der Waals surface area (Å²) in [4.78, 5) is 16.7. The van der Waals surface area contributed by atoms with Crippen LogP contribution in [0.3, 0.4) is 0 Å². The second-order valence-electron chi connectivity index (χ2n) is 6.96. The van der Waals surface area contributed by atoms with Gasteiger partial charge in [-0.1, -0.05) is 0 Å². The van der Waals surface area contributed by atoms with Gasteiger partial charge in [0.1, 0.15) is 0 Å². The first kappa shape index (κ1) is 18.4. The molecular weight excluding hydrogens is 351 g/mol. The number of benzene rings is 1. The highest BCUT2D eigenvalue weighted by Crippen LogP contribution is 2.39. The third kappa shape index (κ3) is 4.41. The third-order valence-electron chi connectivity index (χ3n) is 5.01. The largest absolute Gasteiger partial charge is 0.446 e. The standard InChI is InChI=1S/C17H22F3N3OS/c1-22(2)15-11-3-4-12(15)10-23(9-11)16(24)21-13-5-7-14(8-6-13)25-17(18,19)20/h5-8,11-12,15H,3-4,9-10H2,1-2H3,(H,21,24). The highest BCUT2D eigenvalue weighted by Gasteiger charge is 2.44. The van der Waals surface area contributed by atoms with Gasteiger partial charge in [0.15, 0.2) is 0 Å². The number of alkyl halides is 3. The van der Waals surface area contributed by atoms with Gasteiger partial charge in [0, 0.05) is 29.7 Å². The van der Waals surface area contributed by atoms with Gasteiger partial charge < -0.3 is 15.1 Å². The number of piperidine rings is 1. The van der Waals surface area contributed by atoms with E-state index in [4.69, 9.17) is 0 Å². The Morgan fingerprint density at radius 1 is 1.16 bits per heavy atom. The number of likely N-dealkylation sites (tertiary alicyclic amines) is 1. The van der Waals surface area contributed by atoms with E-state index in [0.29, 0.717) is 23.6 Å². The van der Waals surface area contributed by atoms with Crippen molar-refractivity contribution in [2.45, 2.75) is 29.3 Å². The molecule has 0 spiro atoms. The maximum atomic E-state index is 12.5. The zero-order valence-electron chi connectivity index (χ0n) is 14.2. The van der Waals surface area contributed by atoms with Gasteiger partial charge in [0.2, 0.25) is 0 Å². The smallest absolute Gasteiger partial charge is 0.324 e. The SMILES string of the molecule is CN(C)C1C2CCC1CN(C(=O)Nc1ccc(SC(F)(F)F)cc1)C2. The molecule has 1 aliphatic carbocycles. The Balaban J connectivity index is 1.58. The molecule has 1 heterocycles. The van der Waals surface area contributed by atoms with Crippen molar-refractivity contribution < 1.29 is 18.0 Å². The lowest BCUT2D eigenvalue weighted by atomic mass is 9.91. The monoisotopic (exact) mass is 373 g/mol. The molecule has 2 atom stereocenters. The maximum Gasteiger partial charge on any atom is 0.446 e. The second kappa shape index (κ2) is 7.07. The fourth-order valence-electron chi connectivity index (χ4n) is 4.15. The minimum atomic E-state index is -4.30. The number of rotatable bonds is 3. The van der Waals surface area contributed by atoms with Gasteiger partial charge >= 0.3 is 11.5 Å². The number of nitrogens with zero attached hydrogens (tertiary/aromatic N) is 2. The fraction of sp³-hybridized carbons (Fsp3) is 0.588. The van der Waals surface area contributed by atoms with Crippen LogP contribution in [0.25, 0.3) is 0 Å². The number of thioether (sulfide) groups is 1. The number of halogens is 3. The molecule has 2 fully saturated rings. The van der Waals surface area contributed by atoms with Crippen LogP contribution in [0.1, 0.15) is 12.8 Å². The van der Waals surface area contributed by atoms with Gasteiger partial charge in [0.25, 0.3) is 0 Å². The molecule has 0 radical (unpaired) electrons. The van der Waals surface area contributed by atoms with Crippen molar-refractivity contribution in [3.05, 3.63) is 24.3 Å². The molecule has 1 saturated carbocycles. The third-order valence-corrected chi connectivity index (χ3v) is 5.75. The number of hydrogen-bond acceptors (Lipinski definition) is 3. The van der Waals surface area contributed by atoms with Crippen LogP contribution in [-0.2, 0) is 0 Å².